The van der Waals surface area contributed by atoms with Crippen molar-refractivity contribution in [1.29, 1.82) is 0 Å². The van der Waals surface area contributed by atoms with Crippen molar-refractivity contribution in [2.24, 2.45) is 5.73 Å². The first-order valence-corrected chi connectivity index (χ1v) is 7.40. The molecule has 0 radical (unpaired) electrons. The van der Waals surface area contributed by atoms with E-state index >= 15 is 0 Å². The molecular weight excluding hydrogens is 349 g/mol. The van der Waals surface area contributed by atoms with Crippen molar-refractivity contribution in [1.82, 2.24) is 4.98 Å². The number of nitrogens with two attached hydrogens (primary N) is 1. The van der Waals surface area contributed by atoms with E-state index in [9.17, 15) is 4.79 Å². The molecule has 130 valence electrons. The minimum atomic E-state index is -0.167. The quantitative estimate of drug-likeness (QED) is 0.867. The Bertz CT molecular complexity index is 708. The zero-order chi connectivity index (χ0) is 15.5. The Kier molecular flexibility index (Phi) is 7.48. The maximum atomic E-state index is 11.8. The van der Waals surface area contributed by atoms with E-state index < -0.39 is 0 Å². The van der Waals surface area contributed by atoms with Crippen LogP contribution in [0.4, 0.5) is 5.82 Å². The molecule has 0 fully saturated rings. The molecule has 0 bridgehead atoms. The first kappa shape index (κ1) is 20.2. The molecule has 1 aromatic heterocycles. The Labute approximate surface area is 153 Å². The summed E-state index contributed by atoms with van der Waals surface area (Å²) in [5.74, 6) is 1.37. The number of pyridine rings is 1. The van der Waals surface area contributed by atoms with Gasteiger partial charge in [0, 0.05) is 24.4 Å². The molecule has 0 saturated carbocycles. The zero-order valence-electron chi connectivity index (χ0n) is 13.3. The molecule has 2 heterocycles. The molecule has 1 atom stereocenters. The number of hydrogen-bond acceptors (Lipinski definition) is 4. The van der Waals surface area contributed by atoms with E-state index in [1.165, 1.54) is 5.56 Å². The van der Waals surface area contributed by atoms with E-state index in [1.54, 1.807) is 13.0 Å². The highest BCUT2D eigenvalue weighted by molar-refractivity contribution is 5.90. The molecule has 1 unspecified atom stereocenters. The summed E-state index contributed by atoms with van der Waals surface area (Å²) >= 11 is 0. The molecule has 24 heavy (non-hydrogen) atoms. The van der Waals surface area contributed by atoms with E-state index in [4.69, 9.17) is 10.5 Å². The van der Waals surface area contributed by atoms with Crippen LogP contribution in [0.3, 0.4) is 0 Å². The summed E-state index contributed by atoms with van der Waals surface area (Å²) in [6.45, 7) is 2.54. The molecule has 3 rings (SSSR count). The van der Waals surface area contributed by atoms with Gasteiger partial charge in [0.1, 0.15) is 11.6 Å². The van der Waals surface area contributed by atoms with Gasteiger partial charge >= 0.3 is 0 Å². The van der Waals surface area contributed by atoms with Gasteiger partial charge in [-0.25, -0.2) is 4.98 Å². The molecule has 5 nitrogen and oxygen atoms in total. The van der Waals surface area contributed by atoms with E-state index in [1.807, 2.05) is 24.3 Å². The van der Waals surface area contributed by atoms with Crippen LogP contribution in [-0.4, -0.2) is 23.5 Å². The Morgan fingerprint density at radius 3 is 2.88 bits per heavy atom. The van der Waals surface area contributed by atoms with Gasteiger partial charge < -0.3 is 15.8 Å². The number of nitrogens with one attached hydrogen (secondary N) is 1. The third-order valence-electron chi connectivity index (χ3n) is 3.51. The van der Waals surface area contributed by atoms with Crippen molar-refractivity contribution in [3.63, 3.8) is 0 Å². The van der Waals surface area contributed by atoms with Crippen molar-refractivity contribution in [3.8, 4) is 17.0 Å². The molecule has 1 aliphatic heterocycles. The lowest BCUT2D eigenvalue weighted by molar-refractivity contribution is -0.116. The maximum absolute atomic E-state index is 11.8. The molecule has 2 aromatic rings. The first-order chi connectivity index (χ1) is 10.6. The van der Waals surface area contributed by atoms with E-state index in [2.05, 4.69) is 16.4 Å². The highest BCUT2D eigenvalue weighted by atomic mass is 35.5. The van der Waals surface area contributed by atoms with Crippen LogP contribution in [-0.2, 0) is 11.2 Å². The molecular formula is C17H21Cl2N3O2. The highest BCUT2D eigenvalue weighted by Gasteiger charge is 2.13. The minimum Gasteiger partial charge on any atom is -0.493 e. The predicted octanol–water partition coefficient (Wildman–Crippen LogP) is 3.20. The number of carbonyl (C=O) groups excluding carboxylic acids is 1. The normalized spacial score (nSPS) is 12.9. The van der Waals surface area contributed by atoms with Gasteiger partial charge in [-0.15, -0.1) is 24.8 Å². The van der Waals surface area contributed by atoms with Gasteiger partial charge in [0.2, 0.25) is 5.91 Å². The lowest BCUT2D eigenvalue weighted by Gasteiger charge is -2.09. The molecule has 1 aromatic carbocycles. The van der Waals surface area contributed by atoms with Gasteiger partial charge in [-0.2, -0.15) is 0 Å². The average molecular weight is 370 g/mol. The Balaban J connectivity index is 0.00000144. The predicted molar refractivity (Wildman–Crippen MR) is 100 cm³/mol. The lowest BCUT2D eigenvalue weighted by atomic mass is 10.1. The van der Waals surface area contributed by atoms with Crippen LogP contribution in [0.25, 0.3) is 11.3 Å². The second kappa shape index (κ2) is 8.87. The van der Waals surface area contributed by atoms with Crippen molar-refractivity contribution in [3.05, 3.63) is 42.0 Å². The fourth-order valence-electron chi connectivity index (χ4n) is 2.50. The summed E-state index contributed by atoms with van der Waals surface area (Å²) in [4.78, 5) is 16.3. The largest absolute Gasteiger partial charge is 0.493 e. The van der Waals surface area contributed by atoms with Gasteiger partial charge in [-0.1, -0.05) is 6.07 Å². The van der Waals surface area contributed by atoms with Crippen molar-refractivity contribution in [2.45, 2.75) is 25.8 Å². The molecule has 1 aliphatic rings. The summed E-state index contributed by atoms with van der Waals surface area (Å²) in [7, 11) is 0. The number of hydrogen-bond donors (Lipinski definition) is 2. The third kappa shape index (κ3) is 4.84. The van der Waals surface area contributed by atoms with Crippen molar-refractivity contribution >= 4 is 36.5 Å². The summed E-state index contributed by atoms with van der Waals surface area (Å²) in [6.07, 6.45) is 1.20. The zero-order valence-corrected chi connectivity index (χ0v) is 15.0. The molecule has 0 saturated heterocycles. The van der Waals surface area contributed by atoms with Crippen LogP contribution >= 0.6 is 24.8 Å². The number of rotatable bonds is 4. The van der Waals surface area contributed by atoms with Crippen LogP contribution in [0, 0.1) is 0 Å². The van der Waals surface area contributed by atoms with E-state index in [0.717, 1.165) is 30.0 Å². The summed E-state index contributed by atoms with van der Waals surface area (Å²) in [5, 5.41) is 2.78. The smallest absolute Gasteiger partial charge is 0.227 e. The van der Waals surface area contributed by atoms with Gasteiger partial charge in [0.25, 0.3) is 0 Å². The van der Waals surface area contributed by atoms with E-state index in [-0.39, 0.29) is 43.2 Å². The van der Waals surface area contributed by atoms with Crippen LogP contribution in [0.15, 0.2) is 36.4 Å². The summed E-state index contributed by atoms with van der Waals surface area (Å²) < 4.78 is 5.51. The number of anilines is 1. The number of nitrogens with zero attached hydrogens (tertiary/aromatic N) is 1. The molecule has 7 heteroatoms. The number of benzene rings is 1. The number of halogens is 2. The average Bonchev–Trinajstić information content (AvgIpc) is 2.93. The lowest BCUT2D eigenvalue weighted by Crippen LogP contribution is -2.24. The third-order valence-corrected chi connectivity index (χ3v) is 3.51. The highest BCUT2D eigenvalue weighted by Crippen LogP contribution is 2.30. The minimum absolute atomic E-state index is 0. The Morgan fingerprint density at radius 1 is 1.33 bits per heavy atom. The monoisotopic (exact) mass is 369 g/mol. The number of fused-ring (bicyclic) bond motifs is 1. The fourth-order valence-corrected chi connectivity index (χ4v) is 2.50. The SMILES string of the molecule is CC(N)CC(=O)Nc1cccc(-c2ccc3c(c2)CCO3)n1.Cl.Cl. The van der Waals surface area contributed by atoms with Gasteiger partial charge in [-0.3, -0.25) is 4.79 Å². The Morgan fingerprint density at radius 2 is 2.12 bits per heavy atom. The van der Waals surface area contributed by atoms with E-state index in [0.29, 0.717) is 5.82 Å². The molecule has 0 spiro atoms. The number of carbonyl (C=O) groups is 1. The number of aromatic nitrogens is 1. The van der Waals surface area contributed by atoms with Crippen LogP contribution < -0.4 is 15.8 Å². The van der Waals surface area contributed by atoms with Crippen molar-refractivity contribution in [2.75, 3.05) is 11.9 Å². The summed E-state index contributed by atoms with van der Waals surface area (Å²) in [6, 6.07) is 11.5. The standard InChI is InChI=1S/C17H19N3O2.2ClH/c1-11(18)9-17(21)20-16-4-2-3-14(19-16)12-5-6-15-13(10-12)7-8-22-15;;/h2-6,10-11H,7-9,18H2,1H3,(H,19,20,21);2*1H. The van der Waals surface area contributed by atoms with Crippen LogP contribution in [0.2, 0.25) is 0 Å². The van der Waals surface area contributed by atoms with Gasteiger partial charge in [0.15, 0.2) is 0 Å². The Hall–Kier alpha value is -1.82. The molecule has 0 aliphatic carbocycles. The number of ether oxygens (including phenoxy) is 1. The topological polar surface area (TPSA) is 77.2 Å². The van der Waals surface area contributed by atoms with Gasteiger partial charge in [0.05, 0.1) is 12.3 Å². The fraction of sp³-hybridized carbons (Fsp3) is 0.294. The van der Waals surface area contributed by atoms with Gasteiger partial charge in [-0.05, 0) is 42.8 Å². The second-order valence-corrected chi connectivity index (χ2v) is 5.56. The first-order valence-electron chi connectivity index (χ1n) is 7.40. The maximum Gasteiger partial charge on any atom is 0.227 e. The van der Waals surface area contributed by atoms with Crippen molar-refractivity contribution < 1.29 is 9.53 Å². The molecule has 1 amide bonds. The second-order valence-electron chi connectivity index (χ2n) is 5.56. The van der Waals surface area contributed by atoms with Crippen LogP contribution in [0.5, 0.6) is 5.75 Å². The summed E-state index contributed by atoms with van der Waals surface area (Å²) in [5.41, 5.74) is 8.67. The van der Waals surface area contributed by atoms with Crippen LogP contribution in [0.1, 0.15) is 18.9 Å². The number of amides is 1. The molecule has 3 N–H and O–H groups in total.